The number of nitrogens with zero attached hydrogens (tertiary/aromatic N) is 1. The van der Waals surface area contributed by atoms with Crippen LogP contribution in [0.1, 0.15) is 30.4 Å². The van der Waals surface area contributed by atoms with Crippen molar-refractivity contribution in [2.24, 2.45) is 5.92 Å². The van der Waals surface area contributed by atoms with Gasteiger partial charge in [0, 0.05) is 12.6 Å². The van der Waals surface area contributed by atoms with Crippen molar-refractivity contribution in [3.63, 3.8) is 0 Å². The zero-order chi connectivity index (χ0) is 24.0. The highest BCUT2D eigenvalue weighted by Crippen LogP contribution is 2.42. The summed E-state index contributed by atoms with van der Waals surface area (Å²) in [7, 11) is 1.63. The molecule has 1 fully saturated rings. The molecule has 0 saturated carbocycles. The highest BCUT2D eigenvalue weighted by molar-refractivity contribution is 5.37. The topological polar surface area (TPSA) is 41.9 Å². The summed E-state index contributed by atoms with van der Waals surface area (Å²) >= 11 is 0. The number of hydrogen-bond donors (Lipinski definition) is 1. The van der Waals surface area contributed by atoms with Gasteiger partial charge < -0.3 is 19.5 Å². The first kappa shape index (κ1) is 24.2. The number of hydrogen-bond acceptors (Lipinski definition) is 4. The molecule has 1 N–H and O–H groups in total. The van der Waals surface area contributed by atoms with Gasteiger partial charge in [-0.2, -0.15) is 0 Å². The van der Waals surface area contributed by atoms with Gasteiger partial charge in [0.15, 0.2) is 0 Å². The molecule has 0 bridgehead atoms. The first-order chi connectivity index (χ1) is 16.5. The van der Waals surface area contributed by atoms with Crippen molar-refractivity contribution in [2.75, 3.05) is 33.4 Å². The van der Waals surface area contributed by atoms with Crippen LogP contribution in [0.15, 0.2) is 72.8 Å². The summed E-state index contributed by atoms with van der Waals surface area (Å²) in [5.74, 6) is 0.802. The van der Waals surface area contributed by atoms with Gasteiger partial charge in [-0.25, -0.2) is 8.78 Å². The van der Waals surface area contributed by atoms with E-state index in [1.54, 1.807) is 31.4 Å². The molecule has 1 heterocycles. The lowest BCUT2D eigenvalue weighted by Crippen LogP contribution is -2.44. The molecular formula is C28H31F2NO3. The molecule has 0 aromatic heterocycles. The number of benzene rings is 3. The minimum atomic E-state index is -1.30. The van der Waals surface area contributed by atoms with Crippen LogP contribution in [0.5, 0.6) is 11.5 Å². The molecule has 3 aromatic carbocycles. The van der Waals surface area contributed by atoms with E-state index in [0.717, 1.165) is 50.4 Å². The quantitative estimate of drug-likeness (QED) is 0.429. The molecule has 0 aliphatic carbocycles. The average molecular weight is 468 g/mol. The van der Waals surface area contributed by atoms with Gasteiger partial charge in [0.1, 0.15) is 28.7 Å². The lowest BCUT2D eigenvalue weighted by atomic mass is 9.72. The molecule has 3 aromatic rings. The predicted octanol–water partition coefficient (Wildman–Crippen LogP) is 5.39. The maximum atomic E-state index is 13.6. The Hall–Kier alpha value is -2.96. The van der Waals surface area contributed by atoms with Crippen molar-refractivity contribution in [1.29, 1.82) is 0 Å². The fourth-order valence-corrected chi connectivity index (χ4v) is 4.79. The first-order valence-electron chi connectivity index (χ1n) is 11.7. The van der Waals surface area contributed by atoms with E-state index < -0.39 is 5.60 Å². The minimum absolute atomic E-state index is 0.0623. The van der Waals surface area contributed by atoms with Gasteiger partial charge >= 0.3 is 0 Å². The maximum Gasteiger partial charge on any atom is 0.123 e. The van der Waals surface area contributed by atoms with Crippen LogP contribution < -0.4 is 9.47 Å². The molecule has 0 unspecified atom stereocenters. The zero-order valence-corrected chi connectivity index (χ0v) is 19.4. The zero-order valence-electron chi connectivity index (χ0n) is 19.4. The van der Waals surface area contributed by atoms with Gasteiger partial charge in [-0.1, -0.05) is 30.3 Å². The molecule has 1 aliphatic heterocycles. The van der Waals surface area contributed by atoms with Gasteiger partial charge in [0.2, 0.25) is 0 Å². The van der Waals surface area contributed by atoms with Crippen LogP contribution in [0.2, 0.25) is 0 Å². The monoisotopic (exact) mass is 467 g/mol. The van der Waals surface area contributed by atoms with Crippen LogP contribution in [0.25, 0.3) is 0 Å². The largest absolute Gasteiger partial charge is 0.497 e. The van der Waals surface area contributed by atoms with E-state index in [0.29, 0.717) is 17.7 Å². The molecule has 4 nitrogen and oxygen atoms in total. The summed E-state index contributed by atoms with van der Waals surface area (Å²) in [5.41, 5.74) is -0.0422. The number of piperidine rings is 1. The molecule has 34 heavy (non-hydrogen) atoms. The van der Waals surface area contributed by atoms with Gasteiger partial charge in [0.25, 0.3) is 0 Å². The molecule has 1 aliphatic rings. The summed E-state index contributed by atoms with van der Waals surface area (Å²) in [6, 6.07) is 19.5. The lowest BCUT2D eigenvalue weighted by Gasteiger charge is -2.42. The van der Waals surface area contributed by atoms with Gasteiger partial charge in [-0.3, -0.25) is 0 Å². The third-order valence-corrected chi connectivity index (χ3v) is 6.68. The number of likely N-dealkylation sites (tertiary alicyclic amines) is 1. The fourth-order valence-electron chi connectivity index (χ4n) is 4.79. The highest BCUT2D eigenvalue weighted by atomic mass is 19.1. The Morgan fingerprint density at radius 2 is 1.44 bits per heavy atom. The van der Waals surface area contributed by atoms with Crippen LogP contribution in [0, 0.1) is 17.6 Å². The van der Waals surface area contributed by atoms with Gasteiger partial charge in [0.05, 0.1) is 13.7 Å². The van der Waals surface area contributed by atoms with Crippen LogP contribution in [0.4, 0.5) is 8.78 Å². The van der Waals surface area contributed by atoms with Crippen molar-refractivity contribution >= 4 is 0 Å². The van der Waals surface area contributed by atoms with Crippen LogP contribution in [0.3, 0.4) is 0 Å². The van der Waals surface area contributed by atoms with Crippen LogP contribution >= 0.6 is 0 Å². The van der Waals surface area contributed by atoms with Crippen molar-refractivity contribution in [3.8, 4) is 11.5 Å². The summed E-state index contributed by atoms with van der Waals surface area (Å²) in [6.07, 6.45) is 2.45. The van der Waals surface area contributed by atoms with Gasteiger partial charge in [-0.15, -0.1) is 0 Å². The highest BCUT2D eigenvalue weighted by Gasteiger charge is 2.41. The third kappa shape index (κ3) is 5.57. The second-order valence-corrected chi connectivity index (χ2v) is 8.78. The van der Waals surface area contributed by atoms with E-state index in [1.165, 1.54) is 24.3 Å². The second kappa shape index (κ2) is 11.0. The molecule has 0 radical (unpaired) electrons. The Morgan fingerprint density at radius 3 is 2.00 bits per heavy atom. The Labute approximate surface area is 199 Å². The molecular weight excluding hydrogens is 436 g/mol. The molecule has 6 heteroatoms. The third-order valence-electron chi connectivity index (χ3n) is 6.68. The SMILES string of the molecule is COc1cccc(OCCCN2CCC(C(O)(c3ccc(F)cc3)c3ccc(F)cc3)CC2)c1. The molecule has 180 valence electrons. The van der Waals surface area contributed by atoms with E-state index in [-0.39, 0.29) is 17.6 Å². The lowest BCUT2D eigenvalue weighted by molar-refractivity contribution is -0.0147. The second-order valence-electron chi connectivity index (χ2n) is 8.78. The number of ether oxygens (including phenoxy) is 2. The summed E-state index contributed by atoms with van der Waals surface area (Å²) in [6.45, 7) is 3.20. The van der Waals surface area contributed by atoms with Gasteiger partial charge in [-0.05, 0) is 85.8 Å². The number of methoxy groups -OCH3 is 1. The predicted molar refractivity (Wildman–Crippen MR) is 128 cm³/mol. The van der Waals surface area contributed by atoms with E-state index in [4.69, 9.17) is 9.47 Å². The van der Waals surface area contributed by atoms with Crippen molar-refractivity contribution in [1.82, 2.24) is 4.90 Å². The Bertz CT molecular complexity index is 1000. The van der Waals surface area contributed by atoms with Crippen LogP contribution in [-0.4, -0.2) is 43.4 Å². The first-order valence-corrected chi connectivity index (χ1v) is 11.7. The summed E-state index contributed by atoms with van der Waals surface area (Å²) < 4.78 is 38.2. The smallest absolute Gasteiger partial charge is 0.123 e. The summed E-state index contributed by atoms with van der Waals surface area (Å²) in [4.78, 5) is 2.38. The van der Waals surface area contributed by atoms with E-state index in [2.05, 4.69) is 4.90 Å². The normalized spacial score (nSPS) is 15.3. The van der Waals surface area contributed by atoms with Crippen LogP contribution in [-0.2, 0) is 5.60 Å². The van der Waals surface area contributed by atoms with Crippen molar-refractivity contribution < 1.29 is 23.4 Å². The average Bonchev–Trinajstić information content (AvgIpc) is 2.87. The fraction of sp³-hybridized carbons (Fsp3) is 0.357. The van der Waals surface area contributed by atoms with Crippen molar-refractivity contribution in [2.45, 2.75) is 24.9 Å². The Morgan fingerprint density at radius 1 is 0.882 bits per heavy atom. The molecule has 0 spiro atoms. The molecule has 0 atom stereocenters. The minimum Gasteiger partial charge on any atom is -0.497 e. The Balaban J connectivity index is 1.36. The van der Waals surface area contributed by atoms with E-state index >= 15 is 0 Å². The molecule has 0 amide bonds. The summed E-state index contributed by atoms with van der Waals surface area (Å²) in [5, 5.41) is 11.9. The standard InChI is InChI=1S/C28H31F2NO3/c1-33-26-4-2-5-27(20-26)34-19-3-16-31-17-14-23(15-18-31)28(32,21-6-10-24(29)11-7-21)22-8-12-25(30)13-9-22/h2,4-13,20,23,32H,3,14-19H2,1H3. The molecule has 4 rings (SSSR count). The number of halogens is 2. The molecule has 1 saturated heterocycles. The number of aliphatic hydroxyl groups is 1. The van der Waals surface area contributed by atoms with E-state index in [1.807, 2.05) is 24.3 Å². The van der Waals surface area contributed by atoms with Crippen molar-refractivity contribution in [3.05, 3.63) is 95.6 Å². The number of rotatable bonds is 9. The van der Waals surface area contributed by atoms with E-state index in [9.17, 15) is 13.9 Å². The Kier molecular flexibility index (Phi) is 7.80. The maximum absolute atomic E-state index is 13.6.